The molecule has 1 rings (SSSR count). The van der Waals surface area contributed by atoms with E-state index in [9.17, 15) is 9.59 Å². The number of pyridine rings is 1. The topological polar surface area (TPSA) is 83.1 Å². The predicted octanol–water partition coefficient (Wildman–Crippen LogP) is 1.55. The van der Waals surface area contributed by atoms with Gasteiger partial charge in [0.05, 0.1) is 0 Å². The molecule has 0 radical (unpaired) electrons. The number of anilines is 1. The third-order valence-corrected chi connectivity index (χ3v) is 3.04. The van der Waals surface area contributed by atoms with E-state index in [0.29, 0.717) is 17.9 Å². The molecule has 0 aromatic carbocycles. The molecule has 2 amide bonds. The fraction of sp³-hybridized carbons (Fsp3) is 0.533. The lowest BCUT2D eigenvalue weighted by atomic mass is 10.2. The molecule has 0 aliphatic carbocycles. The zero-order chi connectivity index (χ0) is 15.7. The van der Waals surface area contributed by atoms with Crippen molar-refractivity contribution in [2.75, 3.05) is 18.4 Å². The Morgan fingerprint density at radius 1 is 1.33 bits per heavy atom. The molecule has 6 heteroatoms. The molecule has 0 bridgehead atoms. The van der Waals surface area contributed by atoms with E-state index in [2.05, 4.69) is 20.9 Å². The van der Waals surface area contributed by atoms with Crippen molar-refractivity contribution in [3.8, 4) is 0 Å². The minimum atomic E-state index is -0.201. The summed E-state index contributed by atoms with van der Waals surface area (Å²) in [7, 11) is 0. The van der Waals surface area contributed by atoms with Crippen molar-refractivity contribution in [3.63, 3.8) is 0 Å². The summed E-state index contributed by atoms with van der Waals surface area (Å²) in [5.74, 6) is 0.417. The summed E-state index contributed by atoms with van der Waals surface area (Å²) in [6, 6.07) is 3.50. The number of hydrogen-bond donors (Lipinski definition) is 3. The molecular weight excluding hydrogens is 268 g/mol. The second-order valence-corrected chi connectivity index (χ2v) is 4.84. The van der Waals surface area contributed by atoms with Crippen molar-refractivity contribution in [3.05, 3.63) is 23.9 Å². The molecule has 0 spiro atoms. The summed E-state index contributed by atoms with van der Waals surface area (Å²) >= 11 is 0. The van der Waals surface area contributed by atoms with Crippen LogP contribution in [-0.4, -0.2) is 35.9 Å². The molecule has 0 aliphatic rings. The molecule has 116 valence electrons. The summed E-state index contributed by atoms with van der Waals surface area (Å²) < 4.78 is 0. The molecule has 21 heavy (non-hydrogen) atoms. The number of hydrogen-bond acceptors (Lipinski definition) is 4. The molecular formula is C15H24N4O2. The van der Waals surface area contributed by atoms with Gasteiger partial charge >= 0.3 is 0 Å². The molecule has 6 nitrogen and oxygen atoms in total. The lowest BCUT2D eigenvalue weighted by Gasteiger charge is -2.11. The second-order valence-electron chi connectivity index (χ2n) is 4.84. The monoisotopic (exact) mass is 292 g/mol. The van der Waals surface area contributed by atoms with E-state index in [-0.39, 0.29) is 24.3 Å². The average molecular weight is 292 g/mol. The van der Waals surface area contributed by atoms with Gasteiger partial charge < -0.3 is 16.0 Å². The van der Waals surface area contributed by atoms with Gasteiger partial charge in [-0.1, -0.05) is 6.92 Å². The Kier molecular flexibility index (Phi) is 7.21. The Hall–Kier alpha value is -2.11. The zero-order valence-corrected chi connectivity index (χ0v) is 12.9. The van der Waals surface area contributed by atoms with Gasteiger partial charge in [0.25, 0.3) is 5.91 Å². The Bertz CT molecular complexity index is 476. The highest BCUT2D eigenvalue weighted by molar-refractivity contribution is 5.95. The van der Waals surface area contributed by atoms with Gasteiger partial charge in [-0.25, -0.2) is 4.98 Å². The Balaban J connectivity index is 2.40. The predicted molar refractivity (Wildman–Crippen MR) is 83.2 cm³/mol. The maximum absolute atomic E-state index is 12.0. The molecule has 0 saturated heterocycles. The van der Waals surface area contributed by atoms with E-state index in [1.165, 1.54) is 0 Å². The van der Waals surface area contributed by atoms with E-state index >= 15 is 0 Å². The Morgan fingerprint density at radius 3 is 2.76 bits per heavy atom. The molecule has 3 N–H and O–H groups in total. The first kappa shape index (κ1) is 16.9. The van der Waals surface area contributed by atoms with E-state index in [1.54, 1.807) is 18.3 Å². The highest BCUT2D eigenvalue weighted by atomic mass is 16.2. The third kappa shape index (κ3) is 6.25. The number of rotatable bonds is 8. The zero-order valence-electron chi connectivity index (χ0n) is 12.9. The van der Waals surface area contributed by atoms with Crippen LogP contribution in [0.3, 0.4) is 0 Å². The fourth-order valence-corrected chi connectivity index (χ4v) is 1.69. The van der Waals surface area contributed by atoms with Crippen LogP contribution < -0.4 is 16.0 Å². The van der Waals surface area contributed by atoms with Crippen molar-refractivity contribution < 1.29 is 9.59 Å². The van der Waals surface area contributed by atoms with Gasteiger partial charge in [-0.05, 0) is 32.4 Å². The van der Waals surface area contributed by atoms with Crippen LogP contribution in [0.4, 0.5) is 5.82 Å². The number of amides is 2. The minimum absolute atomic E-state index is 0.0484. The average Bonchev–Trinajstić information content (AvgIpc) is 2.47. The van der Waals surface area contributed by atoms with Crippen LogP contribution in [0, 0.1) is 0 Å². The van der Waals surface area contributed by atoms with Gasteiger partial charge in [0.1, 0.15) is 5.82 Å². The lowest BCUT2D eigenvalue weighted by Crippen LogP contribution is -2.35. The molecule has 1 unspecified atom stereocenters. The fourth-order valence-electron chi connectivity index (χ4n) is 1.69. The maximum atomic E-state index is 12.0. The number of nitrogens with zero attached hydrogens (tertiary/aromatic N) is 1. The molecule has 0 fully saturated rings. The third-order valence-electron chi connectivity index (χ3n) is 3.04. The molecule has 1 atom stereocenters. The Labute approximate surface area is 125 Å². The van der Waals surface area contributed by atoms with E-state index < -0.39 is 0 Å². The second kappa shape index (κ2) is 8.94. The summed E-state index contributed by atoms with van der Waals surface area (Å²) in [5.41, 5.74) is 0.531. The van der Waals surface area contributed by atoms with Crippen LogP contribution >= 0.6 is 0 Å². The summed E-state index contributed by atoms with van der Waals surface area (Å²) in [6.07, 6.45) is 2.76. The molecule has 0 saturated carbocycles. The van der Waals surface area contributed by atoms with Gasteiger partial charge in [-0.2, -0.15) is 0 Å². The van der Waals surface area contributed by atoms with E-state index in [1.807, 2.05) is 20.8 Å². The van der Waals surface area contributed by atoms with Crippen LogP contribution in [0.2, 0.25) is 0 Å². The SMILES string of the molecule is CCNc1cc(C(=O)NCCC(=O)NC(C)CC)ccn1. The van der Waals surface area contributed by atoms with Gasteiger partial charge in [-0.3, -0.25) is 9.59 Å². The van der Waals surface area contributed by atoms with Gasteiger partial charge in [0.2, 0.25) is 5.91 Å². The highest BCUT2D eigenvalue weighted by Crippen LogP contribution is 2.06. The van der Waals surface area contributed by atoms with Crippen molar-refractivity contribution >= 4 is 17.6 Å². The van der Waals surface area contributed by atoms with Crippen LogP contribution in [0.1, 0.15) is 44.0 Å². The van der Waals surface area contributed by atoms with Crippen LogP contribution in [0.25, 0.3) is 0 Å². The largest absolute Gasteiger partial charge is 0.370 e. The number of aromatic nitrogens is 1. The van der Waals surface area contributed by atoms with Crippen LogP contribution in [0.5, 0.6) is 0 Å². The molecule has 0 aliphatic heterocycles. The first-order chi connectivity index (χ1) is 10.1. The highest BCUT2D eigenvalue weighted by Gasteiger charge is 2.09. The quantitative estimate of drug-likeness (QED) is 0.679. The van der Waals surface area contributed by atoms with Crippen molar-refractivity contribution in [1.82, 2.24) is 15.6 Å². The standard InChI is InChI=1S/C15H24N4O2/c1-4-11(3)19-14(20)7-9-18-15(21)12-6-8-17-13(10-12)16-5-2/h6,8,10-11H,4-5,7,9H2,1-3H3,(H,16,17)(H,18,21)(H,19,20). The molecule has 1 heterocycles. The smallest absolute Gasteiger partial charge is 0.251 e. The van der Waals surface area contributed by atoms with Crippen LogP contribution in [-0.2, 0) is 4.79 Å². The summed E-state index contributed by atoms with van der Waals surface area (Å²) in [6.45, 7) is 6.99. The van der Waals surface area contributed by atoms with Crippen molar-refractivity contribution in [2.24, 2.45) is 0 Å². The lowest BCUT2D eigenvalue weighted by molar-refractivity contribution is -0.121. The minimum Gasteiger partial charge on any atom is -0.370 e. The first-order valence-corrected chi connectivity index (χ1v) is 7.34. The van der Waals surface area contributed by atoms with Crippen LogP contribution in [0.15, 0.2) is 18.3 Å². The molecule has 1 aromatic rings. The summed E-state index contributed by atoms with van der Waals surface area (Å²) in [4.78, 5) is 27.7. The number of carbonyl (C=O) groups is 2. The van der Waals surface area contributed by atoms with Crippen molar-refractivity contribution in [1.29, 1.82) is 0 Å². The summed E-state index contributed by atoms with van der Waals surface area (Å²) in [5, 5.41) is 8.64. The number of nitrogens with one attached hydrogen (secondary N) is 3. The molecule has 1 aromatic heterocycles. The van der Waals surface area contributed by atoms with Gasteiger partial charge in [-0.15, -0.1) is 0 Å². The maximum Gasteiger partial charge on any atom is 0.251 e. The first-order valence-electron chi connectivity index (χ1n) is 7.34. The Morgan fingerprint density at radius 2 is 2.10 bits per heavy atom. The van der Waals surface area contributed by atoms with Gasteiger partial charge in [0.15, 0.2) is 0 Å². The van der Waals surface area contributed by atoms with Gasteiger partial charge in [0, 0.05) is 37.3 Å². The van der Waals surface area contributed by atoms with E-state index in [0.717, 1.165) is 13.0 Å². The van der Waals surface area contributed by atoms with Crippen molar-refractivity contribution in [2.45, 2.75) is 39.7 Å². The normalized spacial score (nSPS) is 11.6. The number of carbonyl (C=O) groups excluding carboxylic acids is 2. The van der Waals surface area contributed by atoms with E-state index in [4.69, 9.17) is 0 Å².